The van der Waals surface area contributed by atoms with Crippen molar-refractivity contribution in [1.29, 1.82) is 0 Å². The van der Waals surface area contributed by atoms with E-state index in [-0.39, 0.29) is 0 Å². The molecule has 5 N–H and O–H groups in total. The minimum absolute atomic E-state index is 0.439. The molecular formula is C9H15N5O4. The second-order valence-electron chi connectivity index (χ2n) is 3.77. The van der Waals surface area contributed by atoms with Gasteiger partial charge in [0.05, 0.1) is 12.1 Å². The van der Waals surface area contributed by atoms with Crippen LogP contribution in [0.2, 0.25) is 0 Å². The van der Waals surface area contributed by atoms with Crippen LogP contribution in [0, 0.1) is 0 Å². The largest absolute Gasteiger partial charge is 0.480 e. The van der Waals surface area contributed by atoms with E-state index in [1.807, 2.05) is 0 Å². The highest BCUT2D eigenvalue weighted by molar-refractivity contribution is 5.83. The fourth-order valence-corrected chi connectivity index (χ4v) is 1.26. The Hall–Kier alpha value is -2.16. The van der Waals surface area contributed by atoms with Gasteiger partial charge in [-0.3, -0.25) is 5.10 Å². The predicted molar refractivity (Wildman–Crippen MR) is 59.6 cm³/mol. The Labute approximate surface area is 103 Å². The van der Waals surface area contributed by atoms with Crippen molar-refractivity contribution in [3.63, 3.8) is 0 Å². The van der Waals surface area contributed by atoms with Gasteiger partial charge >= 0.3 is 12.0 Å². The van der Waals surface area contributed by atoms with Crippen LogP contribution in [0.15, 0.2) is 6.33 Å². The first-order valence-corrected chi connectivity index (χ1v) is 5.25. The maximum absolute atomic E-state index is 11.5. The number of rotatable bonds is 5. The second kappa shape index (κ2) is 5.96. The Morgan fingerprint density at radius 1 is 1.39 bits per heavy atom. The zero-order valence-corrected chi connectivity index (χ0v) is 9.91. The quantitative estimate of drug-likeness (QED) is 0.458. The first-order valence-electron chi connectivity index (χ1n) is 5.25. The van der Waals surface area contributed by atoms with Gasteiger partial charge in [-0.05, 0) is 13.8 Å². The first-order chi connectivity index (χ1) is 8.41. The van der Waals surface area contributed by atoms with Crippen molar-refractivity contribution >= 4 is 12.0 Å². The number of carbonyl (C=O) groups excluding carboxylic acids is 1. The summed E-state index contributed by atoms with van der Waals surface area (Å²) >= 11 is 0. The Morgan fingerprint density at radius 2 is 2.06 bits per heavy atom. The standard InChI is InChI=1S/C9H15N5O4/c1-4(7-10-3-11-14-7)12-9(18)13-6(5(2)15)8(16)17/h3-6,15H,1-2H3,(H,16,17)(H,10,11,14)(H2,12,13,18)/t4?,5-,6+/m1/s1. The average molecular weight is 257 g/mol. The molecule has 1 heterocycles. The molecular weight excluding hydrogens is 242 g/mol. The van der Waals surface area contributed by atoms with E-state index in [0.29, 0.717) is 5.82 Å². The van der Waals surface area contributed by atoms with Gasteiger partial charge in [-0.2, -0.15) is 5.10 Å². The number of nitrogens with one attached hydrogen (secondary N) is 3. The number of aliphatic hydroxyl groups excluding tert-OH is 1. The zero-order valence-electron chi connectivity index (χ0n) is 9.91. The fraction of sp³-hybridized carbons (Fsp3) is 0.556. The van der Waals surface area contributed by atoms with E-state index in [0.717, 1.165) is 0 Å². The number of urea groups is 1. The van der Waals surface area contributed by atoms with Crippen molar-refractivity contribution in [2.24, 2.45) is 0 Å². The van der Waals surface area contributed by atoms with Gasteiger partial charge in [0.25, 0.3) is 0 Å². The lowest BCUT2D eigenvalue weighted by atomic mass is 10.2. The highest BCUT2D eigenvalue weighted by Gasteiger charge is 2.25. The molecule has 1 rings (SSSR count). The molecule has 1 aromatic heterocycles. The van der Waals surface area contributed by atoms with Crippen molar-refractivity contribution < 1.29 is 19.8 Å². The number of aliphatic carboxylic acids is 1. The highest BCUT2D eigenvalue weighted by atomic mass is 16.4. The normalized spacial score (nSPS) is 15.5. The van der Waals surface area contributed by atoms with Crippen LogP contribution in [0.1, 0.15) is 25.7 Å². The van der Waals surface area contributed by atoms with Crippen molar-refractivity contribution in [3.8, 4) is 0 Å². The smallest absolute Gasteiger partial charge is 0.328 e. The number of aromatic amines is 1. The summed E-state index contributed by atoms with van der Waals surface area (Å²) in [6.07, 6.45) is 0.0928. The van der Waals surface area contributed by atoms with Gasteiger partial charge < -0.3 is 20.8 Å². The van der Waals surface area contributed by atoms with Crippen molar-refractivity contribution in [3.05, 3.63) is 12.2 Å². The zero-order chi connectivity index (χ0) is 13.7. The van der Waals surface area contributed by atoms with Crippen LogP contribution in [0.25, 0.3) is 0 Å². The highest BCUT2D eigenvalue weighted by Crippen LogP contribution is 2.03. The predicted octanol–water partition coefficient (Wildman–Crippen LogP) is -1.00. The molecule has 1 unspecified atom stereocenters. The summed E-state index contributed by atoms with van der Waals surface area (Å²) in [5.41, 5.74) is 0. The molecule has 9 heteroatoms. The number of aliphatic hydroxyl groups is 1. The third kappa shape index (κ3) is 3.70. The van der Waals surface area contributed by atoms with Gasteiger partial charge in [0, 0.05) is 0 Å². The van der Waals surface area contributed by atoms with Crippen LogP contribution < -0.4 is 10.6 Å². The Balaban J connectivity index is 2.53. The van der Waals surface area contributed by atoms with E-state index < -0.39 is 30.2 Å². The number of aromatic nitrogens is 3. The molecule has 0 bridgehead atoms. The molecule has 2 amide bonds. The SMILES string of the molecule is CC(NC(=O)N[C@H](C(=O)O)[C@@H](C)O)c1ncn[nH]1. The summed E-state index contributed by atoms with van der Waals surface area (Å²) in [5.74, 6) is -0.874. The maximum atomic E-state index is 11.5. The fourth-order valence-electron chi connectivity index (χ4n) is 1.26. The summed E-state index contributed by atoms with van der Waals surface area (Å²) in [6.45, 7) is 2.93. The number of hydrogen-bond donors (Lipinski definition) is 5. The summed E-state index contributed by atoms with van der Waals surface area (Å²) in [4.78, 5) is 26.1. The summed E-state index contributed by atoms with van der Waals surface area (Å²) in [7, 11) is 0. The minimum atomic E-state index is -1.37. The van der Waals surface area contributed by atoms with Gasteiger partial charge in [-0.25, -0.2) is 14.6 Å². The first kappa shape index (κ1) is 13.9. The summed E-state index contributed by atoms with van der Waals surface area (Å²) in [6, 6.07) is -2.55. The Morgan fingerprint density at radius 3 is 2.50 bits per heavy atom. The molecule has 1 aromatic rings. The number of hydrogen-bond acceptors (Lipinski definition) is 5. The third-order valence-corrected chi connectivity index (χ3v) is 2.23. The van der Waals surface area contributed by atoms with E-state index in [2.05, 4.69) is 25.8 Å². The minimum Gasteiger partial charge on any atom is -0.480 e. The van der Waals surface area contributed by atoms with E-state index in [1.165, 1.54) is 13.3 Å². The van der Waals surface area contributed by atoms with Crippen LogP contribution in [-0.2, 0) is 4.79 Å². The van der Waals surface area contributed by atoms with Crippen molar-refractivity contribution in [1.82, 2.24) is 25.8 Å². The van der Waals surface area contributed by atoms with Crippen LogP contribution in [0.3, 0.4) is 0 Å². The van der Waals surface area contributed by atoms with Gasteiger partial charge in [0.1, 0.15) is 12.2 Å². The molecule has 0 saturated heterocycles. The van der Waals surface area contributed by atoms with Gasteiger partial charge in [-0.1, -0.05) is 0 Å². The lowest BCUT2D eigenvalue weighted by Gasteiger charge is -2.19. The lowest BCUT2D eigenvalue weighted by molar-refractivity contribution is -0.141. The molecule has 0 aliphatic rings. The van der Waals surface area contributed by atoms with E-state index in [4.69, 9.17) is 5.11 Å². The van der Waals surface area contributed by atoms with Gasteiger partial charge in [0.2, 0.25) is 0 Å². The molecule has 9 nitrogen and oxygen atoms in total. The Bertz CT molecular complexity index is 405. The molecule has 0 spiro atoms. The van der Waals surface area contributed by atoms with Crippen LogP contribution in [-0.4, -0.2) is 49.5 Å². The third-order valence-electron chi connectivity index (χ3n) is 2.23. The van der Waals surface area contributed by atoms with Crippen LogP contribution >= 0.6 is 0 Å². The number of carbonyl (C=O) groups is 2. The number of carboxylic acids is 1. The van der Waals surface area contributed by atoms with E-state index in [9.17, 15) is 14.7 Å². The van der Waals surface area contributed by atoms with Crippen LogP contribution in [0.5, 0.6) is 0 Å². The van der Waals surface area contributed by atoms with Crippen molar-refractivity contribution in [2.45, 2.75) is 32.0 Å². The second-order valence-corrected chi connectivity index (χ2v) is 3.77. The molecule has 0 aliphatic heterocycles. The molecule has 0 saturated carbocycles. The lowest BCUT2D eigenvalue weighted by Crippen LogP contribution is -2.51. The van der Waals surface area contributed by atoms with Gasteiger partial charge in [0.15, 0.2) is 6.04 Å². The van der Waals surface area contributed by atoms with Gasteiger partial charge in [-0.15, -0.1) is 0 Å². The number of amides is 2. The molecule has 0 fully saturated rings. The average Bonchev–Trinajstić information content (AvgIpc) is 2.78. The van der Waals surface area contributed by atoms with E-state index >= 15 is 0 Å². The Kier molecular flexibility index (Phi) is 4.60. The maximum Gasteiger partial charge on any atom is 0.328 e. The molecule has 0 radical (unpaired) electrons. The molecule has 0 aromatic carbocycles. The molecule has 3 atom stereocenters. The van der Waals surface area contributed by atoms with Crippen molar-refractivity contribution in [2.75, 3.05) is 0 Å². The van der Waals surface area contributed by atoms with E-state index in [1.54, 1.807) is 6.92 Å². The summed E-state index contributed by atoms with van der Waals surface area (Å²) < 4.78 is 0. The van der Waals surface area contributed by atoms with Crippen LogP contribution in [0.4, 0.5) is 4.79 Å². The monoisotopic (exact) mass is 257 g/mol. The topological polar surface area (TPSA) is 140 Å². The molecule has 18 heavy (non-hydrogen) atoms. The summed E-state index contributed by atoms with van der Waals surface area (Å²) in [5, 5.41) is 28.8. The number of nitrogens with zero attached hydrogens (tertiary/aromatic N) is 2. The molecule has 0 aliphatic carbocycles. The number of carboxylic acid groups (broad SMARTS) is 1. The molecule has 100 valence electrons. The number of H-pyrrole nitrogens is 1.